The minimum Gasteiger partial charge on any atom is -0.388 e. The molecule has 0 amide bonds. The van der Waals surface area contributed by atoms with Crippen molar-refractivity contribution in [3.8, 4) is 0 Å². The third-order valence-electron chi connectivity index (χ3n) is 3.47. The van der Waals surface area contributed by atoms with Crippen LogP contribution in [0.5, 0.6) is 0 Å². The first kappa shape index (κ1) is 14.4. The number of hydrogen-bond donors (Lipinski definition) is 3. The summed E-state index contributed by atoms with van der Waals surface area (Å²) < 4.78 is 0. The van der Waals surface area contributed by atoms with Crippen molar-refractivity contribution in [3.05, 3.63) is 16.4 Å². The Labute approximate surface area is 116 Å². The van der Waals surface area contributed by atoms with E-state index in [0.717, 1.165) is 12.8 Å². The molecule has 1 aromatic rings. The number of nitro groups is 1. The zero-order valence-electron chi connectivity index (χ0n) is 11.4. The molecule has 0 atom stereocenters. The van der Waals surface area contributed by atoms with Gasteiger partial charge in [0.15, 0.2) is 0 Å². The van der Waals surface area contributed by atoms with E-state index in [9.17, 15) is 15.2 Å². The van der Waals surface area contributed by atoms with Gasteiger partial charge < -0.3 is 15.7 Å². The summed E-state index contributed by atoms with van der Waals surface area (Å²) in [4.78, 5) is 18.5. The molecule has 20 heavy (non-hydrogen) atoms. The lowest BCUT2D eigenvalue weighted by molar-refractivity contribution is -0.383. The van der Waals surface area contributed by atoms with Crippen LogP contribution in [0, 0.1) is 10.1 Å². The van der Waals surface area contributed by atoms with Crippen molar-refractivity contribution in [3.63, 3.8) is 0 Å². The first-order chi connectivity index (χ1) is 9.56. The van der Waals surface area contributed by atoms with Gasteiger partial charge in [0, 0.05) is 13.1 Å². The number of aromatic nitrogens is 2. The molecule has 1 saturated carbocycles. The largest absolute Gasteiger partial charge is 0.388 e. The normalized spacial score (nSPS) is 16.9. The van der Waals surface area contributed by atoms with Crippen molar-refractivity contribution in [2.45, 2.75) is 38.2 Å². The van der Waals surface area contributed by atoms with Gasteiger partial charge in [-0.05, 0) is 19.8 Å². The van der Waals surface area contributed by atoms with E-state index in [-0.39, 0.29) is 23.9 Å². The van der Waals surface area contributed by atoms with E-state index >= 15 is 0 Å². The lowest BCUT2D eigenvalue weighted by atomic mass is 10.0. The van der Waals surface area contributed by atoms with Gasteiger partial charge in [0.25, 0.3) is 0 Å². The molecule has 0 radical (unpaired) electrons. The van der Waals surface area contributed by atoms with E-state index < -0.39 is 10.5 Å². The zero-order chi connectivity index (χ0) is 14.6. The predicted octanol–water partition coefficient (Wildman–Crippen LogP) is 1.53. The van der Waals surface area contributed by atoms with Gasteiger partial charge in [-0.2, -0.15) is 0 Å². The van der Waals surface area contributed by atoms with Crippen molar-refractivity contribution in [2.24, 2.45) is 0 Å². The van der Waals surface area contributed by atoms with Crippen molar-refractivity contribution in [1.29, 1.82) is 0 Å². The minimum atomic E-state index is -0.794. The molecule has 1 aliphatic rings. The number of rotatable bonds is 6. The van der Waals surface area contributed by atoms with Crippen molar-refractivity contribution in [1.82, 2.24) is 9.97 Å². The third kappa shape index (κ3) is 3.13. The number of anilines is 2. The van der Waals surface area contributed by atoms with Crippen LogP contribution in [-0.4, -0.2) is 38.7 Å². The molecule has 1 aromatic heterocycles. The summed E-state index contributed by atoms with van der Waals surface area (Å²) in [5.41, 5.74) is -0.979. The van der Waals surface area contributed by atoms with Crippen LogP contribution in [-0.2, 0) is 0 Å². The molecule has 2 rings (SSSR count). The first-order valence-electron chi connectivity index (χ1n) is 6.75. The van der Waals surface area contributed by atoms with E-state index in [1.807, 2.05) is 6.92 Å². The molecule has 0 saturated heterocycles. The number of nitrogens with zero attached hydrogens (tertiary/aromatic N) is 3. The highest BCUT2D eigenvalue weighted by Crippen LogP contribution is 2.32. The monoisotopic (exact) mass is 281 g/mol. The molecule has 110 valence electrons. The fraction of sp³-hybridized carbons (Fsp3) is 0.667. The molecule has 0 spiro atoms. The van der Waals surface area contributed by atoms with Gasteiger partial charge in [0.1, 0.15) is 6.33 Å². The standard InChI is InChI=1S/C12H19N5O3/c1-2-13-10-9(17(19)20)11(16-8-15-10)14-7-12(18)5-3-4-6-12/h8,18H,2-7H2,1H3,(H2,13,14,15,16). The third-order valence-corrected chi connectivity index (χ3v) is 3.47. The lowest BCUT2D eigenvalue weighted by Gasteiger charge is -2.22. The lowest BCUT2D eigenvalue weighted by Crippen LogP contribution is -2.33. The number of nitrogens with one attached hydrogen (secondary N) is 2. The van der Waals surface area contributed by atoms with Crippen molar-refractivity contribution < 1.29 is 10.0 Å². The highest BCUT2D eigenvalue weighted by molar-refractivity contribution is 5.69. The van der Waals surface area contributed by atoms with Crippen LogP contribution in [0.25, 0.3) is 0 Å². The zero-order valence-corrected chi connectivity index (χ0v) is 11.4. The van der Waals surface area contributed by atoms with E-state index in [2.05, 4.69) is 20.6 Å². The van der Waals surface area contributed by atoms with Crippen molar-refractivity contribution >= 4 is 17.3 Å². The van der Waals surface area contributed by atoms with Crippen LogP contribution < -0.4 is 10.6 Å². The average molecular weight is 281 g/mol. The summed E-state index contributed by atoms with van der Waals surface area (Å²) >= 11 is 0. The fourth-order valence-corrected chi connectivity index (χ4v) is 2.44. The SMILES string of the molecule is CCNc1ncnc(NCC2(O)CCCC2)c1[N+](=O)[O-]. The van der Waals surface area contributed by atoms with E-state index in [0.29, 0.717) is 19.4 Å². The highest BCUT2D eigenvalue weighted by atomic mass is 16.6. The topological polar surface area (TPSA) is 113 Å². The second-order valence-corrected chi connectivity index (χ2v) is 4.99. The number of aliphatic hydroxyl groups is 1. The molecule has 0 aromatic carbocycles. The summed E-state index contributed by atoms with van der Waals surface area (Å²) in [5.74, 6) is 0.328. The van der Waals surface area contributed by atoms with Gasteiger partial charge in [-0.15, -0.1) is 0 Å². The van der Waals surface area contributed by atoms with Crippen LogP contribution in [0.3, 0.4) is 0 Å². The Balaban J connectivity index is 2.18. The Morgan fingerprint density at radius 2 is 1.95 bits per heavy atom. The van der Waals surface area contributed by atoms with E-state index in [4.69, 9.17) is 0 Å². The molecule has 1 fully saturated rings. The molecule has 0 aliphatic heterocycles. The Hall–Kier alpha value is -1.96. The van der Waals surface area contributed by atoms with E-state index in [1.165, 1.54) is 6.33 Å². The van der Waals surface area contributed by atoms with Crippen LogP contribution >= 0.6 is 0 Å². The van der Waals surface area contributed by atoms with Gasteiger partial charge in [0.05, 0.1) is 10.5 Å². The fourth-order valence-electron chi connectivity index (χ4n) is 2.44. The second kappa shape index (κ2) is 6.00. The maximum Gasteiger partial charge on any atom is 0.353 e. The smallest absolute Gasteiger partial charge is 0.353 e. The first-order valence-corrected chi connectivity index (χ1v) is 6.75. The summed E-state index contributed by atoms with van der Waals surface area (Å²) in [7, 11) is 0. The maximum absolute atomic E-state index is 11.2. The van der Waals surface area contributed by atoms with Crippen LogP contribution in [0.4, 0.5) is 17.3 Å². The van der Waals surface area contributed by atoms with Gasteiger partial charge in [0.2, 0.25) is 11.6 Å². The summed E-state index contributed by atoms with van der Waals surface area (Å²) in [6.45, 7) is 2.62. The minimum absolute atomic E-state index is 0.140. The van der Waals surface area contributed by atoms with Crippen LogP contribution in [0.1, 0.15) is 32.6 Å². The van der Waals surface area contributed by atoms with Gasteiger partial charge in [-0.3, -0.25) is 10.1 Å². The highest BCUT2D eigenvalue weighted by Gasteiger charge is 2.32. The van der Waals surface area contributed by atoms with Crippen LogP contribution in [0.2, 0.25) is 0 Å². The summed E-state index contributed by atoms with van der Waals surface area (Å²) in [6.07, 6.45) is 4.64. The molecule has 0 bridgehead atoms. The molecular formula is C12H19N5O3. The molecule has 3 N–H and O–H groups in total. The van der Waals surface area contributed by atoms with E-state index in [1.54, 1.807) is 0 Å². The molecule has 8 heteroatoms. The molecule has 1 aliphatic carbocycles. The summed E-state index contributed by atoms with van der Waals surface area (Å²) in [5, 5.41) is 27.2. The number of hydrogen-bond acceptors (Lipinski definition) is 7. The predicted molar refractivity (Wildman–Crippen MR) is 74.8 cm³/mol. The molecule has 8 nitrogen and oxygen atoms in total. The Bertz CT molecular complexity index is 488. The molecule has 0 unspecified atom stereocenters. The van der Waals surface area contributed by atoms with Gasteiger partial charge >= 0.3 is 5.69 Å². The quantitative estimate of drug-likeness (QED) is 0.535. The molecular weight excluding hydrogens is 262 g/mol. The van der Waals surface area contributed by atoms with Gasteiger partial charge in [-0.1, -0.05) is 12.8 Å². The Kier molecular flexibility index (Phi) is 4.33. The second-order valence-electron chi connectivity index (χ2n) is 4.99. The van der Waals surface area contributed by atoms with Crippen molar-refractivity contribution in [2.75, 3.05) is 23.7 Å². The Morgan fingerprint density at radius 1 is 1.35 bits per heavy atom. The van der Waals surface area contributed by atoms with Crippen LogP contribution in [0.15, 0.2) is 6.33 Å². The average Bonchev–Trinajstić information content (AvgIpc) is 2.84. The van der Waals surface area contributed by atoms with Gasteiger partial charge in [-0.25, -0.2) is 9.97 Å². The summed E-state index contributed by atoms with van der Waals surface area (Å²) in [6, 6.07) is 0. The molecule has 1 heterocycles. The maximum atomic E-state index is 11.2. The Morgan fingerprint density at radius 3 is 2.50 bits per heavy atom.